The van der Waals surface area contributed by atoms with Crippen LogP contribution in [0.4, 0.5) is 4.39 Å². The Bertz CT molecular complexity index is 444. The molecule has 0 saturated heterocycles. The van der Waals surface area contributed by atoms with E-state index in [4.69, 9.17) is 9.84 Å². The van der Waals surface area contributed by atoms with Crippen LogP contribution in [0, 0.1) is 11.7 Å². The highest BCUT2D eigenvalue weighted by atomic mass is 19.1. The van der Waals surface area contributed by atoms with Gasteiger partial charge in [0.15, 0.2) is 11.6 Å². The Morgan fingerprint density at radius 3 is 2.83 bits per heavy atom. The van der Waals surface area contributed by atoms with Crippen LogP contribution in [-0.2, 0) is 0 Å². The third-order valence-corrected chi connectivity index (χ3v) is 3.18. The molecule has 98 valence electrons. The monoisotopic (exact) mass is 253 g/mol. The van der Waals surface area contributed by atoms with Gasteiger partial charge >= 0.3 is 0 Å². The summed E-state index contributed by atoms with van der Waals surface area (Å²) in [5.41, 5.74) is 0.271. The lowest BCUT2D eigenvalue weighted by Crippen LogP contribution is -2.38. The van der Waals surface area contributed by atoms with Crippen LogP contribution in [-0.4, -0.2) is 30.8 Å². The minimum Gasteiger partial charge on any atom is -0.494 e. The summed E-state index contributed by atoms with van der Waals surface area (Å²) in [7, 11) is 1.38. The Labute approximate surface area is 105 Å². The molecular formula is C13H16FNO3. The second-order valence-electron chi connectivity index (χ2n) is 4.55. The van der Waals surface area contributed by atoms with E-state index in [1.165, 1.54) is 19.2 Å². The van der Waals surface area contributed by atoms with Crippen molar-refractivity contribution in [3.8, 4) is 5.75 Å². The third kappa shape index (κ3) is 2.79. The Morgan fingerprint density at radius 2 is 2.28 bits per heavy atom. The number of carbonyl (C=O) groups excluding carboxylic acids is 1. The van der Waals surface area contributed by atoms with E-state index in [1.807, 2.05) is 0 Å². The number of aliphatic hydroxyl groups is 1. The highest BCUT2D eigenvalue weighted by molar-refractivity contribution is 5.94. The predicted molar refractivity (Wildman–Crippen MR) is 64.0 cm³/mol. The Morgan fingerprint density at radius 1 is 1.56 bits per heavy atom. The minimum absolute atomic E-state index is 0.119. The van der Waals surface area contributed by atoms with Gasteiger partial charge in [0.05, 0.1) is 13.2 Å². The number of hydrogen-bond acceptors (Lipinski definition) is 3. The van der Waals surface area contributed by atoms with Crippen LogP contribution in [0.1, 0.15) is 23.2 Å². The lowest BCUT2D eigenvalue weighted by molar-refractivity contribution is 0.0420. The summed E-state index contributed by atoms with van der Waals surface area (Å²) >= 11 is 0. The van der Waals surface area contributed by atoms with Gasteiger partial charge in [-0.2, -0.15) is 0 Å². The largest absolute Gasteiger partial charge is 0.494 e. The van der Waals surface area contributed by atoms with Crippen molar-refractivity contribution in [3.63, 3.8) is 0 Å². The molecular weight excluding hydrogens is 237 g/mol. The molecule has 5 heteroatoms. The molecule has 2 rings (SSSR count). The zero-order chi connectivity index (χ0) is 13.1. The fourth-order valence-electron chi connectivity index (χ4n) is 2.01. The zero-order valence-electron chi connectivity index (χ0n) is 10.1. The first-order valence-electron chi connectivity index (χ1n) is 5.90. The van der Waals surface area contributed by atoms with Crippen molar-refractivity contribution >= 4 is 5.91 Å². The molecule has 0 radical (unpaired) electrons. The average Bonchev–Trinajstić information content (AvgIpc) is 2.32. The van der Waals surface area contributed by atoms with Crippen LogP contribution in [0.15, 0.2) is 18.2 Å². The summed E-state index contributed by atoms with van der Waals surface area (Å²) in [5, 5.41) is 11.8. The second kappa shape index (κ2) is 5.35. The third-order valence-electron chi connectivity index (χ3n) is 3.18. The number of carbonyl (C=O) groups is 1. The van der Waals surface area contributed by atoms with Crippen LogP contribution < -0.4 is 10.1 Å². The summed E-state index contributed by atoms with van der Waals surface area (Å²) < 4.78 is 18.2. The summed E-state index contributed by atoms with van der Waals surface area (Å²) in [6, 6.07) is 4.11. The van der Waals surface area contributed by atoms with Crippen molar-refractivity contribution < 1.29 is 19.0 Å². The maximum Gasteiger partial charge on any atom is 0.251 e. The number of rotatable bonds is 4. The van der Waals surface area contributed by atoms with Gasteiger partial charge in [-0.05, 0) is 37.0 Å². The Kier molecular flexibility index (Phi) is 3.81. The van der Waals surface area contributed by atoms with Gasteiger partial charge in [0, 0.05) is 12.1 Å². The molecule has 4 nitrogen and oxygen atoms in total. The van der Waals surface area contributed by atoms with Crippen molar-refractivity contribution in [1.82, 2.24) is 5.32 Å². The molecule has 0 heterocycles. The Hall–Kier alpha value is -1.62. The van der Waals surface area contributed by atoms with E-state index in [2.05, 4.69) is 5.32 Å². The molecule has 0 aliphatic heterocycles. The van der Waals surface area contributed by atoms with Crippen LogP contribution in [0.5, 0.6) is 5.75 Å². The molecule has 1 fully saturated rings. The van der Waals surface area contributed by atoms with E-state index in [9.17, 15) is 9.18 Å². The van der Waals surface area contributed by atoms with Gasteiger partial charge in [-0.15, -0.1) is 0 Å². The minimum atomic E-state index is -0.552. The molecule has 1 amide bonds. The van der Waals surface area contributed by atoms with Gasteiger partial charge in [-0.1, -0.05) is 0 Å². The number of hydrogen-bond donors (Lipinski definition) is 2. The smallest absolute Gasteiger partial charge is 0.251 e. The van der Waals surface area contributed by atoms with Crippen molar-refractivity contribution in [2.75, 3.05) is 13.7 Å². The molecule has 1 aliphatic rings. The summed E-state index contributed by atoms with van der Waals surface area (Å²) in [5.74, 6) is -0.414. The number of ether oxygens (including phenoxy) is 1. The molecule has 0 aromatic heterocycles. The van der Waals surface area contributed by atoms with Gasteiger partial charge in [0.25, 0.3) is 5.91 Å². The van der Waals surface area contributed by atoms with E-state index in [1.54, 1.807) is 0 Å². The van der Waals surface area contributed by atoms with Gasteiger partial charge in [-0.3, -0.25) is 4.79 Å². The van der Waals surface area contributed by atoms with E-state index in [-0.39, 0.29) is 23.3 Å². The number of amides is 1. The fraction of sp³-hybridized carbons (Fsp3) is 0.462. The van der Waals surface area contributed by atoms with E-state index in [0.29, 0.717) is 12.5 Å². The first kappa shape index (κ1) is 12.8. The molecule has 1 saturated carbocycles. The van der Waals surface area contributed by atoms with Crippen LogP contribution in [0.25, 0.3) is 0 Å². The summed E-state index contributed by atoms with van der Waals surface area (Å²) in [6.07, 6.45) is 1.21. The van der Waals surface area contributed by atoms with Gasteiger partial charge in [0.2, 0.25) is 0 Å². The first-order valence-corrected chi connectivity index (χ1v) is 5.90. The molecule has 2 N–H and O–H groups in total. The van der Waals surface area contributed by atoms with E-state index in [0.717, 1.165) is 18.9 Å². The highest BCUT2D eigenvalue weighted by Gasteiger charge is 2.27. The number of aliphatic hydroxyl groups excluding tert-OH is 1. The van der Waals surface area contributed by atoms with Crippen LogP contribution >= 0.6 is 0 Å². The van der Waals surface area contributed by atoms with Crippen molar-refractivity contribution in [3.05, 3.63) is 29.6 Å². The van der Waals surface area contributed by atoms with Gasteiger partial charge in [0.1, 0.15) is 0 Å². The molecule has 1 aromatic rings. The van der Waals surface area contributed by atoms with E-state index < -0.39 is 5.82 Å². The Balaban J connectivity index is 1.90. The molecule has 18 heavy (non-hydrogen) atoms. The number of nitrogens with one attached hydrogen (secondary N) is 1. The van der Waals surface area contributed by atoms with Gasteiger partial charge < -0.3 is 15.2 Å². The lowest BCUT2D eigenvalue weighted by Gasteiger charge is -2.31. The molecule has 1 aliphatic carbocycles. The highest BCUT2D eigenvalue weighted by Crippen LogP contribution is 2.26. The maximum absolute atomic E-state index is 13.4. The maximum atomic E-state index is 13.4. The number of benzene rings is 1. The van der Waals surface area contributed by atoms with Crippen molar-refractivity contribution in [2.45, 2.75) is 18.9 Å². The van der Waals surface area contributed by atoms with E-state index >= 15 is 0 Å². The summed E-state index contributed by atoms with van der Waals surface area (Å²) in [4.78, 5) is 11.7. The quantitative estimate of drug-likeness (QED) is 0.851. The van der Waals surface area contributed by atoms with Crippen molar-refractivity contribution in [1.29, 1.82) is 0 Å². The summed E-state index contributed by atoms with van der Waals surface area (Å²) in [6.45, 7) is 0.517. The zero-order valence-corrected chi connectivity index (χ0v) is 10.1. The normalized spacial score (nSPS) is 22.2. The van der Waals surface area contributed by atoms with Gasteiger partial charge in [-0.25, -0.2) is 4.39 Å². The number of methoxy groups -OCH3 is 1. The molecule has 0 bridgehead atoms. The first-order chi connectivity index (χ1) is 8.60. The predicted octanol–water partition coefficient (Wildman–Crippen LogP) is 1.34. The SMILES string of the molecule is COc1ccc(C(=O)NCC2CC(O)C2)cc1F. The lowest BCUT2D eigenvalue weighted by atomic mass is 9.82. The average molecular weight is 253 g/mol. The van der Waals surface area contributed by atoms with Crippen molar-refractivity contribution in [2.24, 2.45) is 5.92 Å². The molecule has 0 spiro atoms. The second-order valence-corrected chi connectivity index (χ2v) is 4.55. The van der Waals surface area contributed by atoms with Crippen LogP contribution in [0.3, 0.4) is 0 Å². The standard InChI is InChI=1S/C13H16FNO3/c1-18-12-3-2-9(6-11(12)14)13(17)15-7-8-4-10(16)5-8/h2-3,6,8,10,16H,4-5,7H2,1H3,(H,15,17). The number of halogens is 1. The molecule has 1 aromatic carbocycles. The van der Waals surface area contributed by atoms with Crippen LogP contribution in [0.2, 0.25) is 0 Å². The molecule has 0 unspecified atom stereocenters. The molecule has 0 atom stereocenters. The topological polar surface area (TPSA) is 58.6 Å². The fourth-order valence-corrected chi connectivity index (χ4v) is 2.01.